The number of quaternary nitrogens is 1. The van der Waals surface area contributed by atoms with Crippen LogP contribution in [0.15, 0.2) is 201 Å². The maximum Gasteiger partial charge on any atom is 0.330 e. The van der Waals surface area contributed by atoms with Crippen molar-refractivity contribution in [2.45, 2.75) is 219 Å². The van der Waals surface area contributed by atoms with Gasteiger partial charge in [0.05, 0.1) is 67.8 Å². The van der Waals surface area contributed by atoms with Crippen LogP contribution in [0, 0.1) is 24.7 Å². The summed E-state index contributed by atoms with van der Waals surface area (Å²) in [6, 6.07) is 53.1. The second-order valence-electron chi connectivity index (χ2n) is 31.9. The topological polar surface area (TPSA) is 250 Å². The van der Waals surface area contributed by atoms with Crippen molar-refractivity contribution in [2.24, 2.45) is 0 Å². The number of aliphatic hydroxyl groups is 1. The van der Waals surface area contributed by atoms with Gasteiger partial charge >= 0.3 is 11.4 Å². The summed E-state index contributed by atoms with van der Waals surface area (Å²) < 4.78 is 84.1. The number of ether oxygens (including phenoxy) is 12. The molecule has 123 heavy (non-hydrogen) atoms. The van der Waals surface area contributed by atoms with Gasteiger partial charge in [-0.3, -0.25) is 28.7 Å². The lowest BCUT2D eigenvalue weighted by molar-refractivity contribution is -0.929. The number of nitrogens with one attached hydrogen (secondary N) is 2. The summed E-state index contributed by atoms with van der Waals surface area (Å²) in [7, 11) is 3.99. The van der Waals surface area contributed by atoms with Crippen molar-refractivity contribution in [3.8, 4) is 47.7 Å². The molecule has 2 aliphatic heterocycles. The molecular formula is C98H138FN5O18Si. The highest BCUT2D eigenvalue weighted by Gasteiger charge is 2.54. The van der Waals surface area contributed by atoms with E-state index in [1.54, 1.807) is 28.4 Å². The van der Waals surface area contributed by atoms with E-state index in [1.165, 1.54) is 116 Å². The largest absolute Gasteiger partial charge is 1.00 e. The quantitative estimate of drug-likeness (QED) is 0.0105. The summed E-state index contributed by atoms with van der Waals surface area (Å²) in [5.74, 6) is 7.69. The van der Waals surface area contributed by atoms with Crippen LogP contribution < -0.4 is 46.1 Å². The molecule has 2 saturated heterocycles. The van der Waals surface area contributed by atoms with Crippen LogP contribution in [0.1, 0.15) is 186 Å². The van der Waals surface area contributed by atoms with Crippen molar-refractivity contribution in [2.75, 3.05) is 107 Å². The van der Waals surface area contributed by atoms with Gasteiger partial charge in [0.15, 0.2) is 20.8 Å². The van der Waals surface area contributed by atoms with Crippen LogP contribution >= 0.6 is 0 Å². The van der Waals surface area contributed by atoms with E-state index in [0.29, 0.717) is 62.1 Å². The fourth-order valence-corrected chi connectivity index (χ4v) is 16.3. The number of hydrogen-bond donors (Lipinski definition) is 3. The molecule has 2 fully saturated rings. The SMILES string of the molecule is C.C.C#CCOCCCCOC1C(O)C(COC(c2ccccc2)(c2ccc(OC)cc2)c2ccc(OC)cc2)OC1n1ccc(=O)[nH]c1=O.C#CCOCCCCOC1C(O[Si](C)(C)C(C)(C)C)C(COC(c2ccccc2)(c2ccc(OC)cc2)c2ccc(OC)cc2)OC1n1ccc(=O)[nH]c1=O.CCCC[N+](CCCC)(CCCC)CCCC.[F-]. The smallest absolute Gasteiger partial charge is 0.330 e. The summed E-state index contributed by atoms with van der Waals surface area (Å²) in [5.41, 5.74) is 0.395. The zero-order valence-electron chi connectivity index (χ0n) is 73.2. The number of terminal acetylenes is 2. The molecule has 8 aromatic rings. The molecule has 0 aliphatic carbocycles. The molecule has 10 rings (SSSR count). The Morgan fingerprint density at radius 2 is 0.764 bits per heavy atom. The third-order valence-electron chi connectivity index (χ3n) is 22.7. The zero-order chi connectivity index (χ0) is 86.6. The third kappa shape index (κ3) is 28.4. The highest BCUT2D eigenvalue weighted by atomic mass is 28.4. The first-order valence-corrected chi connectivity index (χ1v) is 45.3. The maximum absolute atomic E-state index is 13.3. The van der Waals surface area contributed by atoms with E-state index in [0.717, 1.165) is 39.8 Å². The van der Waals surface area contributed by atoms with E-state index in [1.807, 2.05) is 158 Å². The standard InChI is InChI=1S/C43H54N2O9Si.C37H40N2O9.C16H36N.2CH4.FH/c1-9-27-50-28-13-14-29-51-39-38(54-55(7,8)42(2,3)4)36(53-40(39)45-26-25-37(46)44-41(45)47)30-52-43(31-15-11-10-12-16-31,32-17-21-34(48-5)22-18-32)33-19-23-35(49-6)24-20-33;1-4-22-45-23-8-9-24-46-34-33(41)31(48-35(34)39-21-20-32(40)38-36(39)42)25-47-37(26-10-6-5-7-11-26,27-12-16-29(43-2)17-13-27)28-14-18-30(44-3)19-15-28;1-5-9-13-17(14-10-6-2,15-11-7-3)16-12-8-4;;;/h1,10-12,15-26,36,38-40H,13-14,27-30H2,2-8H3,(H,44,46,47);1,5-7,10-21,31,33-35,41H,8-9,22-25H2,2-3H3,(H,38,40,42);5-16H2,1-4H3;2*1H4;1H/q;;+1;;;/p-1. The molecule has 3 N–H and O–H groups in total. The fraction of sp³-hybridized carbons (Fsp3) is 0.510. The van der Waals surface area contributed by atoms with Gasteiger partial charge in [-0.15, -0.1) is 12.8 Å². The molecule has 0 saturated carbocycles. The van der Waals surface area contributed by atoms with Crippen LogP contribution in [0.25, 0.3) is 0 Å². The van der Waals surface area contributed by atoms with Gasteiger partial charge in [-0.1, -0.05) is 210 Å². The molecule has 8 unspecified atom stereocenters. The molecular weight excluding hydrogens is 1580 g/mol. The monoisotopic (exact) mass is 1720 g/mol. The average Bonchev–Trinajstić information content (AvgIpc) is 1.64. The van der Waals surface area contributed by atoms with Crippen molar-refractivity contribution in [1.29, 1.82) is 0 Å². The number of halogens is 1. The molecule has 0 spiro atoms. The number of rotatable bonds is 46. The lowest BCUT2D eigenvalue weighted by Gasteiger charge is -2.41. The van der Waals surface area contributed by atoms with Crippen LogP contribution in [-0.2, 0) is 53.5 Å². The lowest BCUT2D eigenvalue weighted by Crippen LogP contribution is -3.00. The van der Waals surface area contributed by atoms with Gasteiger partial charge < -0.3 is 75.6 Å². The third-order valence-corrected chi connectivity index (χ3v) is 27.1. The van der Waals surface area contributed by atoms with Crippen molar-refractivity contribution < 1.29 is 75.6 Å². The predicted octanol–water partition coefficient (Wildman–Crippen LogP) is 13.6. The first-order chi connectivity index (χ1) is 58.0. The Labute approximate surface area is 730 Å². The Morgan fingerprint density at radius 3 is 1.09 bits per heavy atom. The minimum absolute atomic E-state index is 0. The number of aromatic amines is 2. The number of aliphatic hydroxyl groups excluding tert-OH is 1. The highest BCUT2D eigenvalue weighted by Crippen LogP contribution is 2.47. The summed E-state index contributed by atoms with van der Waals surface area (Å²) in [5, 5.41) is 11.5. The first kappa shape index (κ1) is 104. The summed E-state index contributed by atoms with van der Waals surface area (Å²) in [6.07, 6.45) is 20.0. The second kappa shape index (κ2) is 52.5. The minimum atomic E-state index is -2.49. The number of nitrogens with zero attached hydrogens (tertiary/aromatic N) is 3. The molecule has 0 amide bonds. The van der Waals surface area contributed by atoms with Gasteiger partial charge in [0.2, 0.25) is 0 Å². The minimum Gasteiger partial charge on any atom is -1.00 e. The number of unbranched alkanes of at least 4 members (excludes halogenated alkanes) is 6. The van der Waals surface area contributed by atoms with Gasteiger partial charge in [0.1, 0.15) is 84.0 Å². The number of H-pyrrole nitrogens is 2. The number of methoxy groups -OCH3 is 4. The van der Waals surface area contributed by atoms with Crippen LogP contribution in [0.4, 0.5) is 0 Å². The summed E-state index contributed by atoms with van der Waals surface area (Å²) >= 11 is 0. The van der Waals surface area contributed by atoms with Crippen molar-refractivity contribution in [3.63, 3.8) is 0 Å². The molecule has 4 heterocycles. The van der Waals surface area contributed by atoms with E-state index in [9.17, 15) is 24.3 Å². The second-order valence-corrected chi connectivity index (χ2v) is 36.6. The molecule has 0 bridgehead atoms. The van der Waals surface area contributed by atoms with E-state index >= 15 is 0 Å². The fourth-order valence-electron chi connectivity index (χ4n) is 14.9. The van der Waals surface area contributed by atoms with Crippen LogP contribution in [0.2, 0.25) is 18.1 Å². The Kier molecular flexibility index (Phi) is 44.5. The average molecular weight is 1720 g/mol. The summed E-state index contributed by atoms with van der Waals surface area (Å²) in [4.78, 5) is 54.8. The van der Waals surface area contributed by atoms with Crippen LogP contribution in [-0.4, -0.2) is 181 Å². The zero-order valence-corrected chi connectivity index (χ0v) is 74.2. The van der Waals surface area contributed by atoms with E-state index in [2.05, 4.69) is 83.4 Å². The first-order valence-electron chi connectivity index (χ1n) is 42.4. The number of hydrogen-bond acceptors (Lipinski definition) is 18. The van der Waals surface area contributed by atoms with Crippen LogP contribution in [0.3, 0.4) is 0 Å². The normalized spacial score (nSPS) is 17.6. The summed E-state index contributed by atoms with van der Waals surface area (Å²) in [6.45, 7) is 27.9. The molecule has 2 aromatic heterocycles. The Morgan fingerprint density at radius 1 is 0.447 bits per heavy atom. The van der Waals surface area contributed by atoms with Gasteiger partial charge in [-0.2, -0.15) is 0 Å². The van der Waals surface area contributed by atoms with E-state index in [4.69, 9.17) is 74.1 Å². The van der Waals surface area contributed by atoms with Gasteiger partial charge in [-0.05, 0) is 151 Å². The van der Waals surface area contributed by atoms with E-state index < -0.39 is 91.1 Å². The van der Waals surface area contributed by atoms with Gasteiger partial charge in [-0.25, -0.2) is 9.59 Å². The molecule has 6 aromatic carbocycles. The number of aromatic nitrogens is 4. The number of benzene rings is 6. The molecule has 23 nitrogen and oxygen atoms in total. The van der Waals surface area contributed by atoms with Crippen molar-refractivity contribution >= 4 is 8.32 Å². The Bertz CT molecular complexity index is 4490. The lowest BCUT2D eigenvalue weighted by atomic mass is 9.80. The van der Waals surface area contributed by atoms with Gasteiger partial charge in [0, 0.05) is 51.0 Å². The van der Waals surface area contributed by atoms with Gasteiger partial charge in [0.25, 0.3) is 11.1 Å². The molecule has 0 radical (unpaired) electrons. The Hall–Kier alpha value is -9.29. The molecule has 674 valence electrons. The van der Waals surface area contributed by atoms with Crippen LogP contribution in [0.5, 0.6) is 23.0 Å². The highest BCUT2D eigenvalue weighted by molar-refractivity contribution is 6.74. The van der Waals surface area contributed by atoms with Crippen molar-refractivity contribution in [1.82, 2.24) is 19.1 Å². The molecule has 8 atom stereocenters. The van der Waals surface area contributed by atoms with E-state index in [-0.39, 0.29) is 57.6 Å². The van der Waals surface area contributed by atoms with Crippen molar-refractivity contribution in [3.05, 3.63) is 257 Å². The predicted molar refractivity (Wildman–Crippen MR) is 485 cm³/mol. The maximum atomic E-state index is 13.3. The molecule has 2 aliphatic rings. The molecule has 25 heteroatoms. The Balaban J connectivity index is 0.000000362.